The van der Waals surface area contributed by atoms with Gasteiger partial charge in [-0.25, -0.2) is 13.4 Å². The molecule has 0 aliphatic carbocycles. The van der Waals surface area contributed by atoms with Gasteiger partial charge in [0.25, 0.3) is 15.9 Å². The highest BCUT2D eigenvalue weighted by Gasteiger charge is 2.20. The van der Waals surface area contributed by atoms with Gasteiger partial charge in [0.2, 0.25) is 0 Å². The predicted molar refractivity (Wildman–Crippen MR) is 118 cm³/mol. The third-order valence-electron chi connectivity index (χ3n) is 4.91. The second-order valence-electron chi connectivity index (χ2n) is 6.86. The molecule has 0 unspecified atom stereocenters. The second-order valence-corrected chi connectivity index (χ2v) is 9.44. The zero-order valence-electron chi connectivity index (χ0n) is 16.5. The van der Waals surface area contributed by atoms with Crippen molar-refractivity contribution < 1.29 is 17.6 Å². The van der Waals surface area contributed by atoms with Crippen molar-refractivity contribution in [1.82, 2.24) is 4.98 Å². The van der Waals surface area contributed by atoms with Gasteiger partial charge in [-0.15, -0.1) is 11.3 Å². The molecule has 2 N–H and O–H groups in total. The molecule has 154 valence electrons. The van der Waals surface area contributed by atoms with Gasteiger partial charge in [-0.05, 0) is 56.2 Å². The van der Waals surface area contributed by atoms with Crippen molar-refractivity contribution in [3.05, 3.63) is 70.4 Å². The first-order valence-corrected chi connectivity index (χ1v) is 11.5. The minimum atomic E-state index is -3.75. The van der Waals surface area contributed by atoms with E-state index in [4.69, 9.17) is 4.42 Å². The van der Waals surface area contributed by atoms with Gasteiger partial charge in [-0.2, -0.15) is 0 Å². The van der Waals surface area contributed by atoms with E-state index in [9.17, 15) is 13.2 Å². The monoisotopic (exact) mass is 441 g/mol. The van der Waals surface area contributed by atoms with Crippen LogP contribution in [0.4, 0.5) is 10.8 Å². The number of fused-ring (bicyclic) bond motifs is 1. The Balaban J connectivity index is 1.55. The topological polar surface area (TPSA) is 101 Å². The minimum Gasteiger partial charge on any atom is -0.450 e. The number of hydrogen-bond donors (Lipinski definition) is 2. The normalized spacial score (nSPS) is 11.6. The summed E-state index contributed by atoms with van der Waals surface area (Å²) < 4.78 is 33.1. The van der Waals surface area contributed by atoms with E-state index < -0.39 is 15.9 Å². The molecule has 0 atom stereocenters. The van der Waals surface area contributed by atoms with Crippen molar-refractivity contribution in [1.29, 1.82) is 0 Å². The molecule has 0 radical (unpaired) electrons. The summed E-state index contributed by atoms with van der Waals surface area (Å²) >= 11 is 1.19. The highest BCUT2D eigenvalue weighted by Crippen LogP contribution is 2.30. The molecular weight excluding hydrogens is 422 g/mol. The molecule has 30 heavy (non-hydrogen) atoms. The van der Waals surface area contributed by atoms with E-state index in [0.717, 1.165) is 22.1 Å². The van der Waals surface area contributed by atoms with Crippen LogP contribution in [0, 0.1) is 20.8 Å². The summed E-state index contributed by atoms with van der Waals surface area (Å²) in [5.74, 6) is -0.155. The van der Waals surface area contributed by atoms with E-state index in [1.54, 1.807) is 5.38 Å². The largest absolute Gasteiger partial charge is 0.450 e. The molecular formula is C21H19N3O4S2. The number of aryl methyl sites for hydroxylation is 3. The lowest BCUT2D eigenvalue weighted by molar-refractivity contribution is 0.0998. The van der Waals surface area contributed by atoms with Crippen molar-refractivity contribution >= 4 is 49.1 Å². The number of thiazole rings is 1. The molecule has 0 fully saturated rings. The quantitative estimate of drug-likeness (QED) is 0.460. The number of anilines is 2. The summed E-state index contributed by atoms with van der Waals surface area (Å²) in [5, 5.41) is 5.63. The van der Waals surface area contributed by atoms with Gasteiger partial charge in [0.05, 0.1) is 4.90 Å². The van der Waals surface area contributed by atoms with Crippen LogP contribution in [-0.4, -0.2) is 19.3 Å². The fourth-order valence-corrected chi connectivity index (χ4v) is 4.88. The highest BCUT2D eigenvalue weighted by molar-refractivity contribution is 7.93. The molecule has 4 aromatic rings. The zero-order valence-corrected chi connectivity index (χ0v) is 18.1. The maximum absolute atomic E-state index is 12.8. The molecule has 0 aliphatic heterocycles. The van der Waals surface area contributed by atoms with Crippen molar-refractivity contribution in [3.63, 3.8) is 0 Å². The number of nitrogens with one attached hydrogen (secondary N) is 2. The van der Waals surface area contributed by atoms with Gasteiger partial charge in [-0.1, -0.05) is 12.1 Å². The van der Waals surface area contributed by atoms with Crippen LogP contribution in [0.2, 0.25) is 0 Å². The third kappa shape index (κ3) is 3.69. The summed E-state index contributed by atoms with van der Waals surface area (Å²) in [6.45, 7) is 5.79. The van der Waals surface area contributed by atoms with Crippen molar-refractivity contribution in [2.24, 2.45) is 0 Å². The van der Waals surface area contributed by atoms with Crippen LogP contribution in [0.25, 0.3) is 11.0 Å². The molecule has 1 amide bonds. The number of amides is 1. The molecule has 9 heteroatoms. The molecule has 2 heterocycles. The number of aromatic nitrogens is 1. The molecule has 2 aromatic heterocycles. The fourth-order valence-electron chi connectivity index (χ4n) is 3.09. The standard InChI is InChI=1S/C21H19N3O4S2/c1-12-4-9-17-14(3)19(28-18(17)13(12)2)20(25)23-15-5-7-16(8-6-15)30(26,27)24-21-22-10-11-29-21/h4-11H,1-3H3,(H,22,24)(H,23,25). The van der Waals surface area contributed by atoms with E-state index in [-0.39, 0.29) is 10.7 Å². The van der Waals surface area contributed by atoms with Crippen LogP contribution in [0.5, 0.6) is 0 Å². The summed E-state index contributed by atoms with van der Waals surface area (Å²) in [5.41, 5.74) is 4.01. The smallest absolute Gasteiger partial charge is 0.291 e. The molecule has 7 nitrogen and oxygen atoms in total. The summed E-state index contributed by atoms with van der Waals surface area (Å²) in [6, 6.07) is 9.85. The Morgan fingerprint density at radius 1 is 1.03 bits per heavy atom. The van der Waals surface area contributed by atoms with Gasteiger partial charge in [0.15, 0.2) is 10.9 Å². The van der Waals surface area contributed by atoms with E-state index in [2.05, 4.69) is 15.0 Å². The number of sulfonamides is 1. The van der Waals surface area contributed by atoms with Crippen LogP contribution in [0.15, 0.2) is 57.3 Å². The Labute approximate surface area is 177 Å². The lowest BCUT2D eigenvalue weighted by Gasteiger charge is -2.07. The Kier molecular flexibility index (Phi) is 5.08. The zero-order chi connectivity index (χ0) is 21.5. The summed E-state index contributed by atoms with van der Waals surface area (Å²) in [4.78, 5) is 16.7. The van der Waals surface area contributed by atoms with Crippen molar-refractivity contribution in [3.8, 4) is 0 Å². The maximum Gasteiger partial charge on any atom is 0.291 e. The molecule has 0 saturated heterocycles. The van der Waals surface area contributed by atoms with Crippen LogP contribution in [0.1, 0.15) is 27.2 Å². The molecule has 0 spiro atoms. The Bertz CT molecular complexity index is 1340. The summed E-state index contributed by atoms with van der Waals surface area (Å²) in [7, 11) is -3.75. The number of furan rings is 1. The SMILES string of the molecule is Cc1ccc2c(C)c(C(=O)Nc3ccc(S(=O)(=O)Nc4nccs4)cc3)oc2c1C. The highest BCUT2D eigenvalue weighted by atomic mass is 32.2. The van der Waals surface area contributed by atoms with Crippen LogP contribution < -0.4 is 10.0 Å². The number of hydrogen-bond acceptors (Lipinski definition) is 6. The average molecular weight is 442 g/mol. The number of carbonyl (C=O) groups is 1. The van der Waals surface area contributed by atoms with Crippen molar-refractivity contribution in [2.75, 3.05) is 10.0 Å². The van der Waals surface area contributed by atoms with Crippen LogP contribution in [0.3, 0.4) is 0 Å². The van der Waals surface area contributed by atoms with Gasteiger partial charge < -0.3 is 9.73 Å². The van der Waals surface area contributed by atoms with E-state index >= 15 is 0 Å². The molecule has 2 aromatic carbocycles. The molecule has 4 rings (SSSR count). The maximum atomic E-state index is 12.8. The number of nitrogens with zero attached hydrogens (tertiary/aromatic N) is 1. The van der Waals surface area contributed by atoms with Gasteiger partial charge in [-0.3, -0.25) is 9.52 Å². The van der Waals surface area contributed by atoms with E-state index in [1.165, 1.54) is 41.8 Å². The average Bonchev–Trinajstić information content (AvgIpc) is 3.33. The molecule has 0 saturated carbocycles. The molecule has 0 aliphatic rings. The first kappa shape index (κ1) is 20.1. The minimum absolute atomic E-state index is 0.0710. The van der Waals surface area contributed by atoms with Crippen LogP contribution in [-0.2, 0) is 10.0 Å². The second kappa shape index (κ2) is 7.58. The lowest BCUT2D eigenvalue weighted by atomic mass is 10.0. The Morgan fingerprint density at radius 3 is 2.43 bits per heavy atom. The van der Waals surface area contributed by atoms with E-state index in [1.807, 2.05) is 32.9 Å². The van der Waals surface area contributed by atoms with Gasteiger partial charge in [0.1, 0.15) is 5.58 Å². The number of benzene rings is 2. The van der Waals surface area contributed by atoms with Crippen LogP contribution >= 0.6 is 11.3 Å². The summed E-state index contributed by atoms with van der Waals surface area (Å²) in [6.07, 6.45) is 1.52. The first-order chi connectivity index (χ1) is 14.3. The van der Waals surface area contributed by atoms with Gasteiger partial charge >= 0.3 is 0 Å². The predicted octanol–water partition coefficient (Wildman–Crippen LogP) is 4.87. The van der Waals surface area contributed by atoms with E-state index in [0.29, 0.717) is 16.4 Å². The molecule has 0 bridgehead atoms. The van der Waals surface area contributed by atoms with Crippen molar-refractivity contribution in [2.45, 2.75) is 25.7 Å². The first-order valence-electron chi connectivity index (χ1n) is 9.09. The lowest BCUT2D eigenvalue weighted by Crippen LogP contribution is -2.14. The number of carbonyl (C=O) groups excluding carboxylic acids is 1. The third-order valence-corrected chi connectivity index (χ3v) is 7.08. The number of rotatable bonds is 5. The van der Waals surface area contributed by atoms with Gasteiger partial charge in [0, 0.05) is 28.2 Å². The fraction of sp³-hybridized carbons (Fsp3) is 0.143. The Hall–Kier alpha value is -3.17. The Morgan fingerprint density at radius 2 is 1.77 bits per heavy atom.